The number of amides is 1. The molecule has 1 aliphatic rings. The lowest BCUT2D eigenvalue weighted by Crippen LogP contribution is -2.38. The molecule has 18 heavy (non-hydrogen) atoms. The van der Waals surface area contributed by atoms with Crippen LogP contribution in [-0.4, -0.2) is 19.0 Å². The fraction of sp³-hybridized carbons (Fsp3) is 0.357. The second-order valence-corrected chi connectivity index (χ2v) is 5.02. The molecule has 3 nitrogen and oxygen atoms in total. The molecule has 1 heterocycles. The Kier molecular flexibility index (Phi) is 4.04. The molecule has 2 N–H and O–H groups in total. The van der Waals surface area contributed by atoms with Crippen molar-refractivity contribution in [1.29, 1.82) is 0 Å². The second-order valence-electron chi connectivity index (χ2n) is 4.58. The quantitative estimate of drug-likeness (QED) is 0.824. The highest BCUT2D eigenvalue weighted by molar-refractivity contribution is 6.30. The fourth-order valence-electron chi connectivity index (χ4n) is 1.82. The molecule has 1 saturated heterocycles. The van der Waals surface area contributed by atoms with Crippen LogP contribution in [0.2, 0.25) is 5.02 Å². The Morgan fingerprint density at radius 2 is 1.94 bits per heavy atom. The maximum atomic E-state index is 12.0. The summed E-state index contributed by atoms with van der Waals surface area (Å²) < 4.78 is 0. The molecule has 0 spiro atoms. The molecule has 0 unspecified atom stereocenters. The lowest BCUT2D eigenvalue weighted by atomic mass is 10.0. The van der Waals surface area contributed by atoms with Crippen LogP contribution in [0, 0.1) is 0 Å². The number of halogens is 1. The van der Waals surface area contributed by atoms with Crippen molar-refractivity contribution >= 4 is 17.5 Å². The Morgan fingerprint density at radius 1 is 1.33 bits per heavy atom. The van der Waals surface area contributed by atoms with Crippen molar-refractivity contribution in [2.75, 3.05) is 13.1 Å². The highest BCUT2D eigenvalue weighted by Gasteiger charge is 2.17. The standard InChI is InChI=1S/C14H17ClN2O/c1-9(12-7-16-8-12)14(18)17-10(2)11-3-5-13(15)6-4-11/h3-6,10,16H,7-8H2,1-2H3,(H,17,18)/t10-/m0/s1. The van der Waals surface area contributed by atoms with Crippen LogP contribution in [0.1, 0.15) is 25.5 Å². The summed E-state index contributed by atoms with van der Waals surface area (Å²) in [6.45, 7) is 5.50. The molecule has 0 aromatic heterocycles. The van der Waals surface area contributed by atoms with Crippen LogP contribution in [0.5, 0.6) is 0 Å². The van der Waals surface area contributed by atoms with Gasteiger partial charge in [0.1, 0.15) is 0 Å². The van der Waals surface area contributed by atoms with E-state index < -0.39 is 0 Å². The van der Waals surface area contributed by atoms with Gasteiger partial charge in [0, 0.05) is 23.7 Å². The average molecular weight is 265 g/mol. The molecule has 0 aliphatic carbocycles. The second kappa shape index (κ2) is 5.55. The maximum absolute atomic E-state index is 12.0. The van der Waals surface area contributed by atoms with Crippen LogP contribution in [0.4, 0.5) is 0 Å². The number of benzene rings is 1. The first-order valence-corrected chi connectivity index (χ1v) is 6.41. The van der Waals surface area contributed by atoms with Gasteiger partial charge < -0.3 is 10.6 Å². The number of hydrogen-bond donors (Lipinski definition) is 2. The van der Waals surface area contributed by atoms with Crippen molar-refractivity contribution in [1.82, 2.24) is 10.6 Å². The zero-order valence-electron chi connectivity index (χ0n) is 10.6. The Balaban J connectivity index is 2.01. The van der Waals surface area contributed by atoms with E-state index in [2.05, 4.69) is 10.6 Å². The van der Waals surface area contributed by atoms with Gasteiger partial charge in [-0.1, -0.05) is 23.7 Å². The van der Waals surface area contributed by atoms with Crippen molar-refractivity contribution in [3.8, 4) is 0 Å². The van der Waals surface area contributed by atoms with E-state index in [1.54, 1.807) is 0 Å². The maximum Gasteiger partial charge on any atom is 0.247 e. The highest BCUT2D eigenvalue weighted by atomic mass is 35.5. The van der Waals surface area contributed by atoms with Crippen LogP contribution in [0.15, 0.2) is 35.4 Å². The molecule has 1 aromatic rings. The van der Waals surface area contributed by atoms with Crippen LogP contribution >= 0.6 is 11.6 Å². The van der Waals surface area contributed by atoms with Gasteiger partial charge in [0.15, 0.2) is 0 Å². The molecule has 1 fully saturated rings. The molecule has 1 atom stereocenters. The summed E-state index contributed by atoms with van der Waals surface area (Å²) in [6.07, 6.45) is 0. The molecule has 1 aromatic carbocycles. The normalized spacial score (nSPS) is 15.8. The smallest absolute Gasteiger partial charge is 0.247 e. The molecule has 1 amide bonds. The number of hydrogen-bond acceptors (Lipinski definition) is 2. The van der Waals surface area contributed by atoms with Gasteiger partial charge in [-0.15, -0.1) is 0 Å². The SMILES string of the molecule is CC(C(=O)N[C@@H](C)c1ccc(Cl)cc1)=C1CNC1. The predicted molar refractivity (Wildman–Crippen MR) is 73.6 cm³/mol. The Morgan fingerprint density at radius 3 is 2.44 bits per heavy atom. The summed E-state index contributed by atoms with van der Waals surface area (Å²) in [5.74, 6) is 0.00829. The van der Waals surface area contributed by atoms with E-state index in [0.717, 1.165) is 24.2 Å². The van der Waals surface area contributed by atoms with E-state index in [4.69, 9.17) is 11.6 Å². The van der Waals surface area contributed by atoms with Gasteiger partial charge in [0.05, 0.1) is 6.04 Å². The van der Waals surface area contributed by atoms with Crippen molar-refractivity contribution < 1.29 is 4.79 Å². The van der Waals surface area contributed by atoms with E-state index in [1.165, 1.54) is 5.57 Å². The molecular weight excluding hydrogens is 248 g/mol. The van der Waals surface area contributed by atoms with Crippen molar-refractivity contribution in [3.05, 3.63) is 46.0 Å². The van der Waals surface area contributed by atoms with Crippen LogP contribution < -0.4 is 10.6 Å². The Bertz CT molecular complexity index is 473. The number of rotatable bonds is 3. The molecule has 1 aliphatic heterocycles. The minimum Gasteiger partial charge on any atom is -0.346 e. The molecule has 0 saturated carbocycles. The summed E-state index contributed by atoms with van der Waals surface area (Å²) in [5, 5.41) is 6.84. The van der Waals surface area contributed by atoms with Crippen LogP contribution in [-0.2, 0) is 4.79 Å². The van der Waals surface area contributed by atoms with Gasteiger partial charge in [0.2, 0.25) is 5.91 Å². The molecule has 96 valence electrons. The van der Waals surface area contributed by atoms with Gasteiger partial charge in [0.25, 0.3) is 0 Å². The van der Waals surface area contributed by atoms with Gasteiger partial charge >= 0.3 is 0 Å². The van der Waals surface area contributed by atoms with Crippen molar-refractivity contribution in [3.63, 3.8) is 0 Å². The van der Waals surface area contributed by atoms with E-state index in [9.17, 15) is 4.79 Å². The number of carbonyl (C=O) groups excluding carboxylic acids is 1. The number of carbonyl (C=O) groups is 1. The summed E-state index contributed by atoms with van der Waals surface area (Å²) in [6, 6.07) is 7.52. The van der Waals surface area contributed by atoms with E-state index in [-0.39, 0.29) is 11.9 Å². The van der Waals surface area contributed by atoms with Gasteiger partial charge in [-0.05, 0) is 37.1 Å². The predicted octanol–water partition coefficient (Wildman–Crippen LogP) is 2.44. The summed E-state index contributed by atoms with van der Waals surface area (Å²) in [5.41, 5.74) is 3.07. The molecule has 2 rings (SSSR count). The minimum atomic E-state index is -0.0154. The Hall–Kier alpha value is -1.32. The topological polar surface area (TPSA) is 41.1 Å². The van der Waals surface area contributed by atoms with Crippen LogP contribution in [0.25, 0.3) is 0 Å². The highest BCUT2D eigenvalue weighted by Crippen LogP contribution is 2.17. The number of nitrogens with one attached hydrogen (secondary N) is 2. The Labute approximate surface area is 112 Å². The third-order valence-electron chi connectivity index (χ3n) is 3.27. The van der Waals surface area contributed by atoms with Crippen molar-refractivity contribution in [2.24, 2.45) is 0 Å². The first-order valence-electron chi connectivity index (χ1n) is 6.03. The monoisotopic (exact) mass is 264 g/mol. The minimum absolute atomic E-state index is 0.00829. The van der Waals surface area contributed by atoms with E-state index in [1.807, 2.05) is 38.1 Å². The third kappa shape index (κ3) is 2.92. The largest absolute Gasteiger partial charge is 0.346 e. The lowest BCUT2D eigenvalue weighted by Gasteiger charge is -2.22. The van der Waals surface area contributed by atoms with Gasteiger partial charge in [-0.25, -0.2) is 0 Å². The molecular formula is C14H17ClN2O. The fourth-order valence-corrected chi connectivity index (χ4v) is 1.94. The van der Waals surface area contributed by atoms with E-state index >= 15 is 0 Å². The first kappa shape index (κ1) is 13.1. The van der Waals surface area contributed by atoms with Crippen LogP contribution in [0.3, 0.4) is 0 Å². The zero-order valence-corrected chi connectivity index (χ0v) is 11.3. The van der Waals surface area contributed by atoms with Gasteiger partial charge in [-0.2, -0.15) is 0 Å². The molecule has 0 radical (unpaired) electrons. The summed E-state index contributed by atoms with van der Waals surface area (Å²) in [7, 11) is 0. The first-order chi connectivity index (χ1) is 8.58. The zero-order chi connectivity index (χ0) is 13.1. The lowest BCUT2D eigenvalue weighted by molar-refractivity contribution is -0.118. The molecule has 4 heteroatoms. The van der Waals surface area contributed by atoms with Crippen molar-refractivity contribution in [2.45, 2.75) is 19.9 Å². The average Bonchev–Trinajstić information content (AvgIpc) is 2.27. The summed E-state index contributed by atoms with van der Waals surface area (Å²) in [4.78, 5) is 12.0. The third-order valence-corrected chi connectivity index (χ3v) is 3.52. The van der Waals surface area contributed by atoms with E-state index in [0.29, 0.717) is 5.02 Å². The summed E-state index contributed by atoms with van der Waals surface area (Å²) >= 11 is 5.84. The molecule has 0 bridgehead atoms. The van der Waals surface area contributed by atoms with Gasteiger partial charge in [-0.3, -0.25) is 4.79 Å².